The van der Waals surface area contributed by atoms with Crippen LogP contribution in [0.15, 0.2) is 40.8 Å². The van der Waals surface area contributed by atoms with Gasteiger partial charge in [-0.2, -0.15) is 0 Å². The SMILES string of the molecule is Oc1c(-c2ccc(Cl)cc2)oc2cc(OCCCl)cc(OCCCl)c12. The van der Waals surface area contributed by atoms with E-state index in [1.54, 1.807) is 36.4 Å². The van der Waals surface area contributed by atoms with Crippen LogP contribution < -0.4 is 9.47 Å². The fourth-order valence-electron chi connectivity index (χ4n) is 2.45. The molecule has 0 bridgehead atoms. The predicted octanol–water partition coefficient (Wildman–Crippen LogP) is 5.69. The lowest BCUT2D eigenvalue weighted by molar-refractivity contribution is 0.327. The van der Waals surface area contributed by atoms with Gasteiger partial charge in [-0.1, -0.05) is 11.6 Å². The number of fused-ring (bicyclic) bond motifs is 1. The zero-order valence-electron chi connectivity index (χ0n) is 13.1. The summed E-state index contributed by atoms with van der Waals surface area (Å²) >= 11 is 17.3. The average Bonchev–Trinajstić information content (AvgIpc) is 2.95. The molecule has 25 heavy (non-hydrogen) atoms. The molecule has 3 rings (SSSR count). The van der Waals surface area contributed by atoms with E-state index >= 15 is 0 Å². The number of benzene rings is 2. The molecule has 0 spiro atoms. The van der Waals surface area contributed by atoms with Crippen LogP contribution in [0.25, 0.3) is 22.3 Å². The fourth-order valence-corrected chi connectivity index (χ4v) is 2.73. The van der Waals surface area contributed by atoms with E-state index in [4.69, 9.17) is 48.7 Å². The summed E-state index contributed by atoms with van der Waals surface area (Å²) in [6, 6.07) is 10.4. The molecule has 0 saturated carbocycles. The monoisotopic (exact) mass is 400 g/mol. The summed E-state index contributed by atoms with van der Waals surface area (Å²) < 4.78 is 17.0. The molecule has 0 radical (unpaired) electrons. The molecule has 2 aromatic carbocycles. The first kappa shape index (κ1) is 18.1. The van der Waals surface area contributed by atoms with Crippen LogP contribution in [0.3, 0.4) is 0 Å². The molecule has 3 aromatic rings. The second-order valence-corrected chi connectivity index (χ2v) is 6.35. The Morgan fingerprint density at radius 2 is 1.64 bits per heavy atom. The summed E-state index contributed by atoms with van der Waals surface area (Å²) in [6.45, 7) is 0.634. The van der Waals surface area contributed by atoms with Gasteiger partial charge in [0.05, 0.1) is 11.8 Å². The Kier molecular flexibility index (Phi) is 5.84. The molecule has 0 atom stereocenters. The van der Waals surface area contributed by atoms with Crippen LogP contribution in [0.5, 0.6) is 17.2 Å². The van der Waals surface area contributed by atoms with Crippen LogP contribution in [0.2, 0.25) is 5.02 Å². The third-order valence-electron chi connectivity index (χ3n) is 3.49. The molecule has 1 heterocycles. The van der Waals surface area contributed by atoms with Crippen LogP contribution >= 0.6 is 34.8 Å². The van der Waals surface area contributed by atoms with Gasteiger partial charge in [-0.3, -0.25) is 0 Å². The Bertz CT molecular complexity index is 859. The van der Waals surface area contributed by atoms with Crippen LogP contribution in [0.4, 0.5) is 0 Å². The topological polar surface area (TPSA) is 51.8 Å². The summed E-state index contributed by atoms with van der Waals surface area (Å²) in [6.07, 6.45) is 0. The Labute approximate surface area is 159 Å². The van der Waals surface area contributed by atoms with Gasteiger partial charge >= 0.3 is 0 Å². The van der Waals surface area contributed by atoms with E-state index in [2.05, 4.69) is 0 Å². The van der Waals surface area contributed by atoms with Crippen molar-refractivity contribution in [3.8, 4) is 28.6 Å². The summed E-state index contributed by atoms with van der Waals surface area (Å²) in [5.41, 5.74) is 1.14. The minimum atomic E-state index is -0.00853. The molecule has 4 nitrogen and oxygen atoms in total. The largest absolute Gasteiger partial charge is 0.504 e. The van der Waals surface area contributed by atoms with Gasteiger partial charge in [-0.15, -0.1) is 23.2 Å². The lowest BCUT2D eigenvalue weighted by Gasteiger charge is -2.09. The average molecular weight is 402 g/mol. The number of hydrogen-bond acceptors (Lipinski definition) is 4. The summed E-state index contributed by atoms with van der Waals surface area (Å²) in [5, 5.41) is 11.7. The zero-order chi connectivity index (χ0) is 17.8. The molecule has 0 saturated heterocycles. The van der Waals surface area contributed by atoms with Crippen molar-refractivity contribution in [2.24, 2.45) is 0 Å². The van der Waals surface area contributed by atoms with Crippen LogP contribution in [-0.2, 0) is 0 Å². The number of aromatic hydroxyl groups is 1. The van der Waals surface area contributed by atoms with Gasteiger partial charge in [0, 0.05) is 22.7 Å². The van der Waals surface area contributed by atoms with Gasteiger partial charge in [0.25, 0.3) is 0 Å². The molecular weight excluding hydrogens is 387 g/mol. The van der Waals surface area contributed by atoms with Crippen molar-refractivity contribution in [2.75, 3.05) is 25.0 Å². The second kappa shape index (κ2) is 8.09. The molecule has 0 aliphatic rings. The Morgan fingerprint density at radius 3 is 2.32 bits per heavy atom. The molecule has 1 N–H and O–H groups in total. The molecule has 1 aromatic heterocycles. The van der Waals surface area contributed by atoms with E-state index < -0.39 is 0 Å². The number of ether oxygens (including phenoxy) is 2. The first-order valence-electron chi connectivity index (χ1n) is 7.57. The highest BCUT2D eigenvalue weighted by Crippen LogP contribution is 2.45. The molecule has 0 amide bonds. The molecule has 7 heteroatoms. The lowest BCUT2D eigenvalue weighted by Crippen LogP contribution is -2.01. The number of rotatable bonds is 7. The highest BCUT2D eigenvalue weighted by Gasteiger charge is 2.20. The van der Waals surface area contributed by atoms with E-state index in [-0.39, 0.29) is 12.4 Å². The number of alkyl halides is 2. The van der Waals surface area contributed by atoms with Gasteiger partial charge in [0.2, 0.25) is 0 Å². The van der Waals surface area contributed by atoms with E-state index in [0.29, 0.717) is 57.2 Å². The summed E-state index contributed by atoms with van der Waals surface area (Å²) in [7, 11) is 0. The van der Waals surface area contributed by atoms with Crippen molar-refractivity contribution < 1.29 is 19.0 Å². The zero-order valence-corrected chi connectivity index (χ0v) is 15.4. The van der Waals surface area contributed by atoms with Crippen molar-refractivity contribution in [1.82, 2.24) is 0 Å². The van der Waals surface area contributed by atoms with Crippen molar-refractivity contribution in [3.05, 3.63) is 41.4 Å². The van der Waals surface area contributed by atoms with Crippen molar-refractivity contribution in [1.29, 1.82) is 0 Å². The van der Waals surface area contributed by atoms with Gasteiger partial charge in [0.15, 0.2) is 11.5 Å². The maximum Gasteiger partial charge on any atom is 0.177 e. The van der Waals surface area contributed by atoms with E-state index in [1.807, 2.05) is 0 Å². The van der Waals surface area contributed by atoms with Gasteiger partial charge in [-0.05, 0) is 24.3 Å². The first-order valence-corrected chi connectivity index (χ1v) is 9.01. The predicted molar refractivity (Wildman–Crippen MR) is 101 cm³/mol. The van der Waals surface area contributed by atoms with Crippen molar-refractivity contribution in [2.45, 2.75) is 0 Å². The fraction of sp³-hybridized carbons (Fsp3) is 0.222. The lowest BCUT2D eigenvalue weighted by atomic mass is 10.1. The number of halogens is 3. The third-order valence-corrected chi connectivity index (χ3v) is 4.05. The Morgan fingerprint density at radius 1 is 0.960 bits per heavy atom. The molecule has 132 valence electrons. The molecule has 0 fully saturated rings. The maximum atomic E-state index is 10.7. The normalized spacial score (nSPS) is 11.0. The van der Waals surface area contributed by atoms with Crippen LogP contribution in [-0.4, -0.2) is 30.1 Å². The minimum Gasteiger partial charge on any atom is -0.504 e. The Balaban J connectivity index is 2.11. The third kappa shape index (κ3) is 3.92. The van der Waals surface area contributed by atoms with E-state index in [0.717, 1.165) is 0 Å². The standard InChI is InChI=1S/C18H15Cl3O4/c19-5-7-23-13-9-14(24-8-6-20)16-15(10-13)25-18(17(16)22)11-1-3-12(21)4-2-11/h1-4,9-10,22H,5-8H2. The van der Waals surface area contributed by atoms with Crippen LogP contribution in [0.1, 0.15) is 0 Å². The number of hydrogen-bond donors (Lipinski definition) is 1. The smallest absolute Gasteiger partial charge is 0.177 e. The van der Waals surface area contributed by atoms with Crippen molar-refractivity contribution in [3.63, 3.8) is 0 Å². The molecule has 0 aliphatic heterocycles. The summed E-state index contributed by atoms with van der Waals surface area (Å²) in [4.78, 5) is 0. The molecule has 0 aliphatic carbocycles. The molecule has 0 unspecified atom stereocenters. The second-order valence-electron chi connectivity index (χ2n) is 5.16. The number of furan rings is 1. The highest BCUT2D eigenvalue weighted by molar-refractivity contribution is 6.30. The van der Waals surface area contributed by atoms with Gasteiger partial charge in [-0.25, -0.2) is 0 Å². The van der Waals surface area contributed by atoms with Gasteiger partial charge < -0.3 is 19.0 Å². The minimum absolute atomic E-state index is 0.00853. The van der Waals surface area contributed by atoms with Crippen LogP contribution in [0, 0.1) is 0 Å². The first-order chi connectivity index (χ1) is 12.1. The highest BCUT2D eigenvalue weighted by atomic mass is 35.5. The van der Waals surface area contributed by atoms with E-state index in [9.17, 15) is 5.11 Å². The van der Waals surface area contributed by atoms with E-state index in [1.165, 1.54) is 0 Å². The van der Waals surface area contributed by atoms with Crippen molar-refractivity contribution >= 4 is 45.8 Å². The molecular formula is C18H15Cl3O4. The maximum absolute atomic E-state index is 10.7. The van der Waals surface area contributed by atoms with Gasteiger partial charge in [0.1, 0.15) is 35.7 Å². The summed E-state index contributed by atoms with van der Waals surface area (Å²) in [5.74, 6) is 1.97. The quantitative estimate of drug-likeness (QED) is 0.516. The Hall–Kier alpha value is -1.75.